The number of methoxy groups -OCH3 is 2. The molecular weight excluding hydrogens is 370 g/mol. The summed E-state index contributed by atoms with van der Waals surface area (Å²) in [6.45, 7) is 2.83. The van der Waals surface area contributed by atoms with Crippen molar-refractivity contribution in [1.82, 2.24) is 14.7 Å². The van der Waals surface area contributed by atoms with E-state index in [-0.39, 0.29) is 18.0 Å². The molecule has 0 N–H and O–H groups in total. The van der Waals surface area contributed by atoms with Crippen LogP contribution < -0.4 is 9.47 Å². The minimum Gasteiger partial charge on any atom is -0.493 e. The van der Waals surface area contributed by atoms with Gasteiger partial charge in [-0.3, -0.25) is 4.79 Å². The standard InChI is InChI=1S/C22H25N3O4/c1-28-19-9-8-17(12-20(19)29-2)21(26)23-10-11-25-18(14-23)15-24(22(25)27)13-16-6-4-3-5-7-16/h3-9,12,18H,10-11,13-15H2,1-2H3/t18-/m1/s1. The number of carbonyl (C=O) groups excluding carboxylic acids is 2. The molecule has 2 aliphatic heterocycles. The fraction of sp³-hybridized carbons (Fsp3) is 0.364. The third-order valence-electron chi connectivity index (χ3n) is 5.56. The molecule has 0 aliphatic carbocycles. The second kappa shape index (κ2) is 8.03. The number of benzene rings is 2. The highest BCUT2D eigenvalue weighted by Crippen LogP contribution is 2.29. The van der Waals surface area contributed by atoms with Gasteiger partial charge in [0.25, 0.3) is 5.91 Å². The van der Waals surface area contributed by atoms with Crippen molar-refractivity contribution in [2.45, 2.75) is 12.6 Å². The fourth-order valence-corrected chi connectivity index (χ4v) is 4.05. The van der Waals surface area contributed by atoms with Crippen LogP contribution in [0.15, 0.2) is 48.5 Å². The van der Waals surface area contributed by atoms with Crippen molar-refractivity contribution >= 4 is 11.9 Å². The van der Waals surface area contributed by atoms with Crippen LogP contribution in [0.25, 0.3) is 0 Å². The van der Waals surface area contributed by atoms with Gasteiger partial charge in [0.2, 0.25) is 0 Å². The summed E-state index contributed by atoms with van der Waals surface area (Å²) in [5.74, 6) is 1.06. The summed E-state index contributed by atoms with van der Waals surface area (Å²) in [4.78, 5) is 31.4. The van der Waals surface area contributed by atoms with E-state index in [4.69, 9.17) is 9.47 Å². The fourth-order valence-electron chi connectivity index (χ4n) is 4.05. The van der Waals surface area contributed by atoms with E-state index in [2.05, 4.69) is 0 Å². The van der Waals surface area contributed by atoms with Gasteiger partial charge >= 0.3 is 6.03 Å². The third-order valence-corrected chi connectivity index (χ3v) is 5.56. The van der Waals surface area contributed by atoms with Gasteiger partial charge in [-0.05, 0) is 23.8 Å². The molecule has 7 heteroatoms. The first-order valence-electron chi connectivity index (χ1n) is 9.71. The summed E-state index contributed by atoms with van der Waals surface area (Å²) in [5, 5.41) is 0. The van der Waals surface area contributed by atoms with Gasteiger partial charge in [-0.2, -0.15) is 0 Å². The monoisotopic (exact) mass is 395 g/mol. The molecule has 2 fully saturated rings. The van der Waals surface area contributed by atoms with Gasteiger partial charge < -0.3 is 24.2 Å². The van der Waals surface area contributed by atoms with Crippen LogP contribution in [0, 0.1) is 0 Å². The maximum atomic E-state index is 13.0. The van der Waals surface area contributed by atoms with Crippen LogP contribution in [0.2, 0.25) is 0 Å². The summed E-state index contributed by atoms with van der Waals surface area (Å²) < 4.78 is 10.6. The zero-order valence-corrected chi connectivity index (χ0v) is 16.7. The maximum Gasteiger partial charge on any atom is 0.320 e. The Kier molecular flexibility index (Phi) is 5.29. The van der Waals surface area contributed by atoms with Crippen LogP contribution in [-0.4, -0.2) is 73.1 Å². The molecule has 1 atom stereocenters. The van der Waals surface area contributed by atoms with E-state index in [1.807, 2.05) is 45.0 Å². The second-order valence-electron chi connectivity index (χ2n) is 7.32. The van der Waals surface area contributed by atoms with Crippen LogP contribution in [0.4, 0.5) is 4.79 Å². The number of fused-ring (bicyclic) bond motifs is 1. The Balaban J connectivity index is 1.44. The van der Waals surface area contributed by atoms with E-state index in [1.54, 1.807) is 32.4 Å². The number of hydrogen-bond donors (Lipinski definition) is 0. The van der Waals surface area contributed by atoms with E-state index in [0.29, 0.717) is 49.8 Å². The van der Waals surface area contributed by atoms with E-state index < -0.39 is 0 Å². The maximum absolute atomic E-state index is 13.0. The quantitative estimate of drug-likeness (QED) is 0.780. The first-order valence-corrected chi connectivity index (χ1v) is 9.71. The first kappa shape index (κ1) is 19.1. The Morgan fingerprint density at radius 2 is 1.76 bits per heavy atom. The van der Waals surface area contributed by atoms with E-state index in [0.717, 1.165) is 5.56 Å². The van der Waals surface area contributed by atoms with Gasteiger partial charge in [0.1, 0.15) is 0 Å². The molecule has 0 bridgehead atoms. The molecular formula is C22H25N3O4. The molecule has 4 rings (SSSR count). The van der Waals surface area contributed by atoms with Crippen molar-refractivity contribution in [3.05, 3.63) is 59.7 Å². The molecule has 29 heavy (non-hydrogen) atoms. The van der Waals surface area contributed by atoms with E-state index in [9.17, 15) is 9.59 Å². The van der Waals surface area contributed by atoms with Crippen LogP contribution in [0.5, 0.6) is 11.5 Å². The third kappa shape index (κ3) is 3.72. The van der Waals surface area contributed by atoms with Gasteiger partial charge in [-0.25, -0.2) is 4.79 Å². The van der Waals surface area contributed by atoms with E-state index >= 15 is 0 Å². The topological polar surface area (TPSA) is 62.3 Å². The minimum atomic E-state index is -0.0560. The van der Waals surface area contributed by atoms with Gasteiger partial charge in [0.05, 0.1) is 20.3 Å². The van der Waals surface area contributed by atoms with Gasteiger partial charge in [0, 0.05) is 38.3 Å². The van der Waals surface area contributed by atoms with Crippen LogP contribution >= 0.6 is 0 Å². The zero-order valence-electron chi connectivity index (χ0n) is 16.7. The molecule has 7 nitrogen and oxygen atoms in total. The molecule has 0 spiro atoms. The number of hydrogen-bond acceptors (Lipinski definition) is 4. The Labute approximate surface area is 170 Å². The van der Waals surface area contributed by atoms with Crippen LogP contribution in [0.1, 0.15) is 15.9 Å². The molecule has 2 aromatic rings. The molecule has 3 amide bonds. The molecule has 0 aromatic heterocycles. The average Bonchev–Trinajstić information content (AvgIpc) is 3.08. The highest BCUT2D eigenvalue weighted by atomic mass is 16.5. The molecule has 2 saturated heterocycles. The number of urea groups is 1. The Morgan fingerprint density at radius 1 is 1.00 bits per heavy atom. The number of ether oxygens (including phenoxy) is 2. The largest absolute Gasteiger partial charge is 0.493 e. The smallest absolute Gasteiger partial charge is 0.320 e. The molecule has 0 saturated carbocycles. The molecule has 2 aliphatic rings. The highest BCUT2D eigenvalue weighted by molar-refractivity contribution is 5.95. The number of carbonyl (C=O) groups is 2. The predicted molar refractivity (Wildman–Crippen MR) is 108 cm³/mol. The minimum absolute atomic E-state index is 0.0176. The summed E-state index contributed by atoms with van der Waals surface area (Å²) in [6, 6.07) is 15.2. The SMILES string of the molecule is COc1ccc(C(=O)N2CCN3C(=O)N(Cc4ccccc4)C[C@H]3C2)cc1OC. The normalized spacial score (nSPS) is 18.6. The summed E-state index contributed by atoms with van der Waals surface area (Å²) in [5.41, 5.74) is 1.67. The van der Waals surface area contributed by atoms with Crippen molar-refractivity contribution in [2.24, 2.45) is 0 Å². The summed E-state index contributed by atoms with van der Waals surface area (Å²) >= 11 is 0. The van der Waals surface area contributed by atoms with E-state index in [1.165, 1.54) is 0 Å². The lowest BCUT2D eigenvalue weighted by Crippen LogP contribution is -2.53. The Hall–Kier alpha value is -3.22. The number of piperazine rings is 1. The first-order chi connectivity index (χ1) is 14.1. The predicted octanol–water partition coefficient (Wildman–Crippen LogP) is 2.47. The molecule has 2 heterocycles. The lowest BCUT2D eigenvalue weighted by molar-refractivity contribution is 0.0616. The molecule has 0 radical (unpaired) electrons. The van der Waals surface area contributed by atoms with Gasteiger partial charge in [-0.15, -0.1) is 0 Å². The van der Waals surface area contributed by atoms with Crippen molar-refractivity contribution in [3.63, 3.8) is 0 Å². The number of nitrogens with zero attached hydrogens (tertiary/aromatic N) is 3. The van der Waals surface area contributed by atoms with Gasteiger partial charge in [-0.1, -0.05) is 30.3 Å². The molecule has 0 unspecified atom stereocenters. The van der Waals surface area contributed by atoms with Crippen LogP contribution in [0.3, 0.4) is 0 Å². The van der Waals surface area contributed by atoms with Crippen molar-refractivity contribution in [3.8, 4) is 11.5 Å². The van der Waals surface area contributed by atoms with Crippen molar-refractivity contribution in [1.29, 1.82) is 0 Å². The van der Waals surface area contributed by atoms with Crippen molar-refractivity contribution < 1.29 is 19.1 Å². The number of rotatable bonds is 5. The van der Waals surface area contributed by atoms with Gasteiger partial charge in [0.15, 0.2) is 11.5 Å². The summed E-state index contributed by atoms with van der Waals surface area (Å²) in [7, 11) is 3.12. The second-order valence-corrected chi connectivity index (χ2v) is 7.32. The lowest BCUT2D eigenvalue weighted by Gasteiger charge is -2.36. The lowest BCUT2D eigenvalue weighted by atomic mass is 10.1. The molecule has 2 aromatic carbocycles. The zero-order chi connectivity index (χ0) is 20.4. The summed E-state index contributed by atoms with van der Waals surface area (Å²) in [6.07, 6.45) is 0. The van der Waals surface area contributed by atoms with Crippen molar-refractivity contribution in [2.75, 3.05) is 40.4 Å². The Bertz CT molecular complexity index is 902. The average molecular weight is 395 g/mol. The number of amides is 3. The molecule has 152 valence electrons. The van der Waals surface area contributed by atoms with Crippen LogP contribution in [-0.2, 0) is 6.54 Å². The Morgan fingerprint density at radius 3 is 2.48 bits per heavy atom. The highest BCUT2D eigenvalue weighted by Gasteiger charge is 2.41.